The van der Waals surface area contributed by atoms with Gasteiger partial charge in [-0.3, -0.25) is 0 Å². The molecule has 1 unspecified atom stereocenters. The van der Waals surface area contributed by atoms with Crippen LogP contribution in [0.5, 0.6) is 0 Å². The molecule has 0 amide bonds. The number of hydrogen-bond donors (Lipinski definition) is 0. The number of hydrogen-bond acceptors (Lipinski definition) is 3. The predicted octanol–water partition coefficient (Wildman–Crippen LogP) is 12.4. The quantitative estimate of drug-likeness (QED) is 0.186. The summed E-state index contributed by atoms with van der Waals surface area (Å²) in [5.74, 6) is 0.0113. The minimum atomic E-state index is -0.285. The highest BCUT2D eigenvalue weighted by Gasteiger charge is 2.40. The number of aromatic nitrogens is 2. The maximum absolute atomic E-state index is 6.44. The molecule has 11 rings (SSSR count). The average molecular weight is 655 g/mol. The molecule has 0 N–H and O–H groups in total. The minimum Gasteiger partial charge on any atom is -0.456 e. The van der Waals surface area contributed by atoms with Crippen molar-refractivity contribution in [1.29, 1.82) is 0 Å². The van der Waals surface area contributed by atoms with Crippen LogP contribution < -0.4 is 0 Å². The molecule has 2 aliphatic rings. The lowest BCUT2D eigenvalue weighted by Gasteiger charge is -2.24. The Bertz CT molecular complexity index is 2910. The van der Waals surface area contributed by atoms with Gasteiger partial charge in [-0.15, -0.1) is 0 Å². The average Bonchev–Trinajstić information content (AvgIpc) is 3.60. The van der Waals surface area contributed by atoms with Crippen molar-refractivity contribution in [3.05, 3.63) is 168 Å². The van der Waals surface area contributed by atoms with Crippen LogP contribution in [0.4, 0.5) is 0 Å². The monoisotopic (exact) mass is 654 g/mol. The SMILES string of the molecule is CC1(C)c2ccccc2-c2nc(C3CCc4cc5ccccc5cc4-c4cc5ccccc5cc43)c(-c3cccc4oc5ccccc5c34)nc21. The van der Waals surface area contributed by atoms with E-state index in [2.05, 4.69) is 147 Å². The van der Waals surface area contributed by atoms with Gasteiger partial charge in [-0.2, -0.15) is 0 Å². The molecule has 0 fully saturated rings. The van der Waals surface area contributed by atoms with Crippen LogP contribution >= 0.6 is 0 Å². The van der Waals surface area contributed by atoms with Gasteiger partial charge in [-0.1, -0.05) is 123 Å². The Balaban J connectivity index is 1.24. The third-order valence-corrected chi connectivity index (χ3v) is 11.6. The van der Waals surface area contributed by atoms with E-state index in [4.69, 9.17) is 14.4 Å². The first-order valence-electron chi connectivity index (χ1n) is 18.0. The normalized spacial score (nSPS) is 15.8. The van der Waals surface area contributed by atoms with Crippen LogP contribution in [0.3, 0.4) is 0 Å². The van der Waals surface area contributed by atoms with Crippen molar-refractivity contribution >= 4 is 43.5 Å². The number of nitrogens with zero attached hydrogens (tertiary/aromatic N) is 2. The molecule has 9 aromatic rings. The fraction of sp³-hybridized carbons (Fsp3) is 0.125. The molecule has 0 radical (unpaired) electrons. The van der Waals surface area contributed by atoms with Gasteiger partial charge < -0.3 is 4.42 Å². The van der Waals surface area contributed by atoms with Crippen molar-refractivity contribution < 1.29 is 4.42 Å². The number of para-hydroxylation sites is 1. The van der Waals surface area contributed by atoms with E-state index in [0.29, 0.717) is 0 Å². The molecule has 2 aliphatic carbocycles. The van der Waals surface area contributed by atoms with E-state index in [1.54, 1.807) is 0 Å². The van der Waals surface area contributed by atoms with Gasteiger partial charge in [0.15, 0.2) is 0 Å². The highest BCUT2D eigenvalue weighted by Crippen LogP contribution is 2.51. The molecular formula is C48H34N2O. The van der Waals surface area contributed by atoms with E-state index in [1.165, 1.54) is 54.9 Å². The van der Waals surface area contributed by atoms with Crippen LogP contribution in [-0.4, -0.2) is 9.97 Å². The second kappa shape index (κ2) is 10.5. The Labute approximate surface area is 296 Å². The third kappa shape index (κ3) is 4.12. The van der Waals surface area contributed by atoms with Gasteiger partial charge in [0.25, 0.3) is 0 Å². The van der Waals surface area contributed by atoms with Crippen LogP contribution in [0.2, 0.25) is 0 Å². The molecule has 242 valence electrons. The fourth-order valence-electron chi connectivity index (χ4n) is 9.11. The van der Waals surface area contributed by atoms with E-state index in [0.717, 1.165) is 63.1 Å². The molecular weight excluding hydrogens is 621 g/mol. The van der Waals surface area contributed by atoms with Crippen LogP contribution in [0, 0.1) is 0 Å². The maximum atomic E-state index is 6.44. The van der Waals surface area contributed by atoms with Crippen LogP contribution in [0.1, 0.15) is 54.3 Å². The largest absolute Gasteiger partial charge is 0.456 e. The summed E-state index contributed by atoms with van der Waals surface area (Å²) in [5.41, 5.74) is 14.4. The molecule has 0 aliphatic heterocycles. The second-order valence-electron chi connectivity index (χ2n) is 14.8. The molecule has 3 heteroatoms. The maximum Gasteiger partial charge on any atom is 0.136 e. The molecule has 2 aromatic heterocycles. The summed E-state index contributed by atoms with van der Waals surface area (Å²) < 4.78 is 6.44. The summed E-state index contributed by atoms with van der Waals surface area (Å²) in [6.45, 7) is 4.58. The zero-order chi connectivity index (χ0) is 33.8. The van der Waals surface area contributed by atoms with Crippen molar-refractivity contribution in [3.8, 4) is 33.6 Å². The highest BCUT2D eigenvalue weighted by molar-refractivity contribution is 6.12. The molecule has 0 spiro atoms. The van der Waals surface area contributed by atoms with E-state index < -0.39 is 0 Å². The predicted molar refractivity (Wildman–Crippen MR) is 209 cm³/mol. The first-order chi connectivity index (χ1) is 25.0. The lowest BCUT2D eigenvalue weighted by Crippen LogP contribution is -2.19. The molecule has 2 heterocycles. The van der Waals surface area contributed by atoms with E-state index in [9.17, 15) is 0 Å². The van der Waals surface area contributed by atoms with Crippen LogP contribution in [0.25, 0.3) is 77.1 Å². The summed E-state index contributed by atoms with van der Waals surface area (Å²) >= 11 is 0. The Morgan fingerprint density at radius 3 is 2.04 bits per heavy atom. The smallest absolute Gasteiger partial charge is 0.136 e. The van der Waals surface area contributed by atoms with Gasteiger partial charge in [0, 0.05) is 33.2 Å². The van der Waals surface area contributed by atoms with Gasteiger partial charge in [0.2, 0.25) is 0 Å². The van der Waals surface area contributed by atoms with Crippen molar-refractivity contribution in [1.82, 2.24) is 9.97 Å². The van der Waals surface area contributed by atoms with Crippen LogP contribution in [0.15, 0.2) is 144 Å². The fourth-order valence-corrected chi connectivity index (χ4v) is 9.11. The van der Waals surface area contributed by atoms with Gasteiger partial charge in [0.1, 0.15) is 11.2 Å². The van der Waals surface area contributed by atoms with E-state index in [1.807, 2.05) is 6.07 Å². The van der Waals surface area contributed by atoms with E-state index >= 15 is 0 Å². The van der Waals surface area contributed by atoms with Crippen LogP contribution in [-0.2, 0) is 11.8 Å². The standard InChI is InChI=1S/C48H34N2O/c1-48(2)40-19-9-7-16-34(40)46-47(48)50-45(36-18-11-21-42-43(36)35-17-8-10-20-41(35)51-42)44(49-46)33-23-22-32-24-28-12-3-4-13-29(28)25-37(32)39-27-31-15-6-5-14-30(31)26-38(33)39/h3-21,24-27,33H,22-23H2,1-2H3. The van der Waals surface area contributed by atoms with Gasteiger partial charge in [-0.25, -0.2) is 9.97 Å². The summed E-state index contributed by atoms with van der Waals surface area (Å²) in [5, 5.41) is 7.25. The van der Waals surface area contributed by atoms with E-state index in [-0.39, 0.29) is 11.3 Å². The highest BCUT2D eigenvalue weighted by atomic mass is 16.3. The first-order valence-corrected chi connectivity index (χ1v) is 18.0. The number of rotatable bonds is 2. The Morgan fingerprint density at radius 2 is 1.22 bits per heavy atom. The lowest BCUT2D eigenvalue weighted by molar-refractivity contribution is 0.630. The molecule has 0 bridgehead atoms. The van der Waals surface area contributed by atoms with Gasteiger partial charge >= 0.3 is 0 Å². The molecule has 51 heavy (non-hydrogen) atoms. The van der Waals surface area contributed by atoms with Gasteiger partial charge in [0.05, 0.1) is 22.8 Å². The lowest BCUT2D eigenvalue weighted by atomic mass is 9.83. The Kier molecular flexibility index (Phi) is 5.90. The van der Waals surface area contributed by atoms with Crippen molar-refractivity contribution in [3.63, 3.8) is 0 Å². The Hall–Kier alpha value is -6.06. The number of fused-ring (bicyclic) bond motifs is 11. The number of aryl methyl sites for hydroxylation is 1. The van der Waals surface area contributed by atoms with Crippen molar-refractivity contribution in [2.24, 2.45) is 0 Å². The molecule has 0 saturated carbocycles. The molecule has 7 aromatic carbocycles. The first kappa shape index (κ1) is 28.7. The van der Waals surface area contributed by atoms with Crippen molar-refractivity contribution in [2.75, 3.05) is 0 Å². The van der Waals surface area contributed by atoms with Crippen molar-refractivity contribution in [2.45, 2.75) is 38.0 Å². The zero-order valence-electron chi connectivity index (χ0n) is 28.6. The second-order valence-corrected chi connectivity index (χ2v) is 14.8. The minimum absolute atomic E-state index is 0.0113. The summed E-state index contributed by atoms with van der Waals surface area (Å²) in [7, 11) is 0. The molecule has 0 saturated heterocycles. The molecule has 3 nitrogen and oxygen atoms in total. The Morgan fingerprint density at radius 1 is 0.569 bits per heavy atom. The summed E-state index contributed by atoms with van der Waals surface area (Å²) in [6, 6.07) is 50.7. The topological polar surface area (TPSA) is 38.9 Å². The summed E-state index contributed by atoms with van der Waals surface area (Å²) in [4.78, 5) is 11.6. The number of furan rings is 1. The number of benzene rings is 7. The molecule has 1 atom stereocenters. The van der Waals surface area contributed by atoms with Gasteiger partial charge in [-0.05, 0) is 92.5 Å². The summed E-state index contributed by atoms with van der Waals surface area (Å²) in [6.07, 6.45) is 1.86. The third-order valence-electron chi connectivity index (χ3n) is 11.6. The zero-order valence-corrected chi connectivity index (χ0v) is 28.6.